The molecule has 1 heterocycles. The highest BCUT2D eigenvalue weighted by Crippen LogP contribution is 2.37. The second-order valence-corrected chi connectivity index (χ2v) is 8.53. The highest BCUT2D eigenvalue weighted by Gasteiger charge is 2.38. The Morgan fingerprint density at radius 2 is 1.66 bits per heavy atom. The summed E-state index contributed by atoms with van der Waals surface area (Å²) in [6.07, 6.45) is 5.86. The molecule has 4 rings (SSSR count). The fourth-order valence-corrected chi connectivity index (χ4v) is 4.83. The van der Waals surface area contributed by atoms with Gasteiger partial charge in [-0.15, -0.1) is 0 Å². The first-order valence-corrected chi connectivity index (χ1v) is 10.8. The lowest BCUT2D eigenvalue weighted by Gasteiger charge is -2.41. The van der Waals surface area contributed by atoms with Crippen LogP contribution in [0.1, 0.15) is 55.7 Å². The van der Waals surface area contributed by atoms with Crippen LogP contribution < -0.4 is 5.32 Å². The summed E-state index contributed by atoms with van der Waals surface area (Å²) in [6, 6.07) is 18.1. The lowest BCUT2D eigenvalue weighted by Crippen LogP contribution is -2.47. The maximum Gasteiger partial charge on any atom is 0.229 e. The Morgan fingerprint density at radius 3 is 2.38 bits per heavy atom. The van der Waals surface area contributed by atoms with E-state index in [1.54, 1.807) is 0 Å². The van der Waals surface area contributed by atoms with Crippen LogP contribution in [0.3, 0.4) is 0 Å². The van der Waals surface area contributed by atoms with Crippen molar-refractivity contribution in [2.75, 3.05) is 11.9 Å². The van der Waals surface area contributed by atoms with Gasteiger partial charge in [0.25, 0.3) is 0 Å². The van der Waals surface area contributed by atoms with Crippen molar-refractivity contribution < 1.29 is 9.59 Å². The van der Waals surface area contributed by atoms with Crippen LogP contribution in [0, 0.1) is 18.8 Å². The van der Waals surface area contributed by atoms with Crippen LogP contribution >= 0.6 is 0 Å². The molecule has 2 unspecified atom stereocenters. The molecule has 0 aromatic heterocycles. The first-order chi connectivity index (χ1) is 14.1. The third kappa shape index (κ3) is 4.52. The Morgan fingerprint density at radius 1 is 0.897 bits per heavy atom. The molecule has 1 aliphatic carbocycles. The number of anilines is 1. The van der Waals surface area contributed by atoms with Crippen molar-refractivity contribution in [3.8, 4) is 0 Å². The van der Waals surface area contributed by atoms with Crippen LogP contribution in [-0.2, 0) is 9.59 Å². The molecular weight excluding hydrogens is 360 g/mol. The number of para-hydroxylation sites is 1. The number of rotatable bonds is 4. The van der Waals surface area contributed by atoms with Gasteiger partial charge in [0, 0.05) is 18.2 Å². The summed E-state index contributed by atoms with van der Waals surface area (Å²) in [5.41, 5.74) is 3.21. The van der Waals surface area contributed by atoms with Crippen LogP contribution in [0.15, 0.2) is 54.6 Å². The van der Waals surface area contributed by atoms with Gasteiger partial charge in [0.15, 0.2) is 0 Å². The van der Waals surface area contributed by atoms with Gasteiger partial charge in [0.2, 0.25) is 11.8 Å². The van der Waals surface area contributed by atoms with E-state index in [2.05, 4.69) is 36.5 Å². The molecule has 0 spiro atoms. The largest absolute Gasteiger partial charge is 0.335 e. The van der Waals surface area contributed by atoms with Crippen molar-refractivity contribution in [1.82, 2.24) is 4.90 Å². The molecule has 2 aliphatic rings. The molecule has 1 aliphatic heterocycles. The Bertz CT molecular complexity index is 858. The highest BCUT2D eigenvalue weighted by atomic mass is 16.2. The Balaban J connectivity index is 1.54. The standard InChI is InChI=1S/C25H30N2O2/c1-18-8-7-11-20(16-18)23-15-14-21(24(28)26-22-12-3-2-4-13-22)17-27(23)25(29)19-9-5-6-10-19/h2-4,7-8,11-13,16,19,21,23H,5-6,9-10,14-15,17H2,1H3,(H,26,28). The van der Waals surface area contributed by atoms with Gasteiger partial charge in [-0.25, -0.2) is 0 Å². The fraction of sp³-hybridized carbons (Fsp3) is 0.440. The van der Waals surface area contributed by atoms with Gasteiger partial charge < -0.3 is 10.2 Å². The minimum Gasteiger partial charge on any atom is -0.335 e. The van der Waals surface area contributed by atoms with Crippen molar-refractivity contribution >= 4 is 17.5 Å². The summed E-state index contributed by atoms with van der Waals surface area (Å²) in [7, 11) is 0. The molecule has 2 fully saturated rings. The van der Waals surface area contributed by atoms with Crippen LogP contribution in [0.4, 0.5) is 5.69 Å². The van der Waals surface area contributed by atoms with Crippen molar-refractivity contribution in [2.45, 2.75) is 51.5 Å². The van der Waals surface area contributed by atoms with Crippen molar-refractivity contribution in [2.24, 2.45) is 11.8 Å². The summed E-state index contributed by atoms with van der Waals surface area (Å²) in [6.45, 7) is 2.60. The predicted molar refractivity (Wildman–Crippen MR) is 115 cm³/mol. The molecule has 2 atom stereocenters. The van der Waals surface area contributed by atoms with Gasteiger partial charge in [0.1, 0.15) is 0 Å². The number of nitrogens with one attached hydrogen (secondary N) is 1. The maximum atomic E-state index is 13.4. The predicted octanol–water partition coefficient (Wildman–Crippen LogP) is 5.10. The van der Waals surface area contributed by atoms with Gasteiger partial charge in [0.05, 0.1) is 12.0 Å². The monoisotopic (exact) mass is 390 g/mol. The van der Waals surface area contributed by atoms with Gasteiger partial charge in [-0.1, -0.05) is 60.9 Å². The van der Waals surface area contributed by atoms with Crippen LogP contribution in [0.5, 0.6) is 0 Å². The second kappa shape index (κ2) is 8.81. The van der Waals surface area contributed by atoms with Crippen molar-refractivity contribution in [3.63, 3.8) is 0 Å². The number of hydrogen-bond acceptors (Lipinski definition) is 2. The summed E-state index contributed by atoms with van der Waals surface area (Å²) >= 11 is 0. The average Bonchev–Trinajstić information content (AvgIpc) is 3.28. The van der Waals surface area contributed by atoms with Gasteiger partial charge >= 0.3 is 0 Å². The van der Waals surface area contributed by atoms with Gasteiger partial charge in [-0.3, -0.25) is 9.59 Å². The van der Waals surface area contributed by atoms with Crippen molar-refractivity contribution in [1.29, 1.82) is 0 Å². The Labute approximate surface area is 173 Å². The molecule has 152 valence electrons. The van der Waals surface area contributed by atoms with Crippen molar-refractivity contribution in [3.05, 3.63) is 65.7 Å². The summed E-state index contributed by atoms with van der Waals surface area (Å²) in [4.78, 5) is 28.3. The minimum atomic E-state index is -0.165. The number of amides is 2. The second-order valence-electron chi connectivity index (χ2n) is 8.53. The topological polar surface area (TPSA) is 49.4 Å². The molecule has 2 aromatic carbocycles. The van der Waals surface area contributed by atoms with E-state index in [-0.39, 0.29) is 29.7 Å². The molecule has 0 radical (unpaired) electrons. The quantitative estimate of drug-likeness (QED) is 0.789. The Kier molecular flexibility index (Phi) is 5.98. The first-order valence-electron chi connectivity index (χ1n) is 10.8. The molecule has 2 aromatic rings. The van der Waals surface area contributed by atoms with E-state index in [9.17, 15) is 9.59 Å². The van der Waals surface area contributed by atoms with Gasteiger partial charge in [-0.2, -0.15) is 0 Å². The third-order valence-corrected chi connectivity index (χ3v) is 6.41. The number of likely N-dealkylation sites (tertiary alicyclic amines) is 1. The van der Waals surface area contributed by atoms with E-state index >= 15 is 0 Å². The Hall–Kier alpha value is -2.62. The van der Waals surface area contributed by atoms with E-state index in [0.717, 1.165) is 44.2 Å². The average molecular weight is 391 g/mol. The molecule has 4 heteroatoms. The SMILES string of the molecule is Cc1cccc(C2CCC(C(=O)Nc3ccccc3)CN2C(=O)C2CCCC2)c1. The van der Waals surface area contributed by atoms with Gasteiger partial charge in [-0.05, 0) is 50.3 Å². The molecular formula is C25H30N2O2. The first kappa shape index (κ1) is 19.7. The highest BCUT2D eigenvalue weighted by molar-refractivity contribution is 5.93. The normalized spacial score (nSPS) is 22.4. The van der Waals surface area contributed by atoms with Crippen LogP contribution in [0.25, 0.3) is 0 Å². The van der Waals surface area contributed by atoms with E-state index in [1.807, 2.05) is 35.2 Å². The zero-order valence-electron chi connectivity index (χ0n) is 17.1. The molecule has 0 bridgehead atoms. The number of hydrogen-bond donors (Lipinski definition) is 1. The number of carbonyl (C=O) groups excluding carboxylic acids is 2. The van der Waals surface area contributed by atoms with E-state index < -0.39 is 0 Å². The third-order valence-electron chi connectivity index (χ3n) is 6.41. The molecule has 1 N–H and O–H groups in total. The van der Waals surface area contributed by atoms with E-state index in [0.29, 0.717) is 6.54 Å². The zero-order valence-corrected chi connectivity index (χ0v) is 17.1. The fourth-order valence-electron chi connectivity index (χ4n) is 4.83. The lowest BCUT2D eigenvalue weighted by atomic mass is 9.86. The van der Waals surface area contributed by atoms with E-state index in [4.69, 9.17) is 0 Å². The summed E-state index contributed by atoms with van der Waals surface area (Å²) in [5.74, 6) is 0.217. The number of aryl methyl sites for hydroxylation is 1. The maximum absolute atomic E-state index is 13.4. The molecule has 2 amide bonds. The number of carbonyl (C=O) groups is 2. The molecule has 1 saturated heterocycles. The van der Waals surface area contributed by atoms with E-state index in [1.165, 1.54) is 11.1 Å². The summed E-state index contributed by atoms with van der Waals surface area (Å²) in [5, 5.41) is 3.03. The molecule has 4 nitrogen and oxygen atoms in total. The summed E-state index contributed by atoms with van der Waals surface area (Å²) < 4.78 is 0. The molecule has 29 heavy (non-hydrogen) atoms. The number of nitrogens with zero attached hydrogens (tertiary/aromatic N) is 1. The zero-order chi connectivity index (χ0) is 20.2. The smallest absolute Gasteiger partial charge is 0.229 e. The molecule has 1 saturated carbocycles. The van der Waals surface area contributed by atoms with Crippen LogP contribution in [-0.4, -0.2) is 23.3 Å². The van der Waals surface area contributed by atoms with Crippen LogP contribution in [0.2, 0.25) is 0 Å². The number of piperidine rings is 1. The lowest BCUT2D eigenvalue weighted by molar-refractivity contribution is -0.141. The minimum absolute atomic E-state index is 0.0168. The number of benzene rings is 2.